The molecule has 0 saturated carbocycles. The van der Waals surface area contributed by atoms with Crippen LogP contribution in [0.25, 0.3) is 10.9 Å². The topological polar surface area (TPSA) is 42.1 Å². The lowest BCUT2D eigenvalue weighted by Crippen LogP contribution is -2.19. The summed E-state index contributed by atoms with van der Waals surface area (Å²) in [5.41, 5.74) is -2.07. The number of fused-ring (bicyclic) bond motifs is 1. The molecular formula is C12H9BrF3NO2. The van der Waals surface area contributed by atoms with Crippen LogP contribution in [0.15, 0.2) is 21.4 Å². The number of benzene rings is 1. The second-order valence-corrected chi connectivity index (χ2v) is 4.81. The molecule has 2 aromatic rings. The Balaban J connectivity index is 3.01. The summed E-state index contributed by atoms with van der Waals surface area (Å²) < 4.78 is 44.0. The monoisotopic (exact) mass is 335 g/mol. The van der Waals surface area contributed by atoms with Crippen LogP contribution in [0.5, 0.6) is 5.75 Å². The van der Waals surface area contributed by atoms with Gasteiger partial charge in [0, 0.05) is 10.0 Å². The van der Waals surface area contributed by atoms with Gasteiger partial charge in [0.2, 0.25) is 0 Å². The van der Waals surface area contributed by atoms with Crippen molar-refractivity contribution in [1.82, 2.24) is 4.98 Å². The first-order chi connectivity index (χ1) is 8.77. The van der Waals surface area contributed by atoms with Gasteiger partial charge in [0.05, 0.1) is 18.0 Å². The highest BCUT2D eigenvalue weighted by molar-refractivity contribution is 9.10. The van der Waals surface area contributed by atoms with Crippen molar-refractivity contribution in [2.24, 2.45) is 0 Å². The van der Waals surface area contributed by atoms with Gasteiger partial charge in [-0.3, -0.25) is 4.79 Å². The third-order valence-electron chi connectivity index (χ3n) is 2.81. The molecule has 0 spiro atoms. The molecule has 1 aromatic carbocycles. The molecule has 0 aliphatic rings. The standard InChI is InChI=1S/C12H9BrF3NO2/c1-5-10(18)8-6(13)3-4-7(19-2)9(8)17-11(5)12(14,15)16/h3-4H,1-2H3,(H,17,18). The van der Waals surface area contributed by atoms with Gasteiger partial charge in [-0.15, -0.1) is 0 Å². The van der Waals surface area contributed by atoms with Crippen LogP contribution in [-0.4, -0.2) is 12.1 Å². The lowest BCUT2D eigenvalue weighted by Gasteiger charge is -2.14. The van der Waals surface area contributed by atoms with Gasteiger partial charge in [-0.25, -0.2) is 0 Å². The number of ether oxygens (including phenoxy) is 1. The fraction of sp³-hybridized carbons (Fsp3) is 0.250. The number of alkyl halides is 3. The van der Waals surface area contributed by atoms with Crippen LogP contribution in [0.3, 0.4) is 0 Å². The highest BCUT2D eigenvalue weighted by Crippen LogP contribution is 2.34. The Morgan fingerprint density at radius 2 is 1.95 bits per heavy atom. The molecule has 102 valence electrons. The van der Waals surface area contributed by atoms with Crippen molar-refractivity contribution < 1.29 is 17.9 Å². The average molecular weight is 336 g/mol. The zero-order chi connectivity index (χ0) is 14.4. The summed E-state index contributed by atoms with van der Waals surface area (Å²) in [6.07, 6.45) is -4.62. The van der Waals surface area contributed by atoms with Crippen molar-refractivity contribution in [3.8, 4) is 5.75 Å². The highest BCUT2D eigenvalue weighted by Gasteiger charge is 2.35. The molecule has 0 aliphatic heterocycles. The van der Waals surface area contributed by atoms with Gasteiger partial charge in [-0.1, -0.05) is 0 Å². The number of aromatic nitrogens is 1. The number of pyridine rings is 1. The zero-order valence-corrected chi connectivity index (χ0v) is 11.6. The van der Waals surface area contributed by atoms with E-state index in [1.165, 1.54) is 13.2 Å². The number of halogens is 4. The van der Waals surface area contributed by atoms with E-state index in [2.05, 4.69) is 20.9 Å². The summed E-state index contributed by atoms with van der Waals surface area (Å²) in [4.78, 5) is 14.3. The molecule has 1 heterocycles. The molecule has 0 fully saturated rings. The maximum atomic E-state index is 12.9. The van der Waals surface area contributed by atoms with Crippen LogP contribution < -0.4 is 10.2 Å². The van der Waals surface area contributed by atoms with Crippen molar-refractivity contribution in [3.05, 3.63) is 38.1 Å². The quantitative estimate of drug-likeness (QED) is 0.864. The molecule has 0 atom stereocenters. The van der Waals surface area contributed by atoms with Crippen LogP contribution in [0, 0.1) is 6.92 Å². The van der Waals surface area contributed by atoms with E-state index < -0.39 is 17.3 Å². The molecule has 2 rings (SSSR count). The Kier molecular flexibility index (Phi) is 3.34. The zero-order valence-electron chi connectivity index (χ0n) is 9.98. The van der Waals surface area contributed by atoms with E-state index in [-0.39, 0.29) is 22.2 Å². The van der Waals surface area contributed by atoms with Gasteiger partial charge < -0.3 is 9.72 Å². The van der Waals surface area contributed by atoms with Gasteiger partial charge >= 0.3 is 6.18 Å². The highest BCUT2D eigenvalue weighted by atomic mass is 79.9. The van der Waals surface area contributed by atoms with E-state index in [9.17, 15) is 18.0 Å². The van der Waals surface area contributed by atoms with Gasteiger partial charge in [0.15, 0.2) is 5.43 Å². The second-order valence-electron chi connectivity index (χ2n) is 3.95. The van der Waals surface area contributed by atoms with Crippen LogP contribution in [0.1, 0.15) is 11.3 Å². The molecule has 3 nitrogen and oxygen atoms in total. The van der Waals surface area contributed by atoms with Gasteiger partial charge in [-0.2, -0.15) is 13.2 Å². The number of H-pyrrole nitrogens is 1. The largest absolute Gasteiger partial charge is 0.495 e. The number of rotatable bonds is 1. The molecule has 0 aliphatic carbocycles. The van der Waals surface area contributed by atoms with Crippen molar-refractivity contribution >= 4 is 26.8 Å². The van der Waals surface area contributed by atoms with Crippen molar-refractivity contribution in [3.63, 3.8) is 0 Å². The maximum Gasteiger partial charge on any atom is 0.431 e. The molecule has 0 radical (unpaired) electrons. The lowest BCUT2D eigenvalue weighted by atomic mass is 10.1. The molecule has 1 aromatic heterocycles. The van der Waals surface area contributed by atoms with Gasteiger partial charge in [0.25, 0.3) is 0 Å². The van der Waals surface area contributed by atoms with Crippen molar-refractivity contribution in [1.29, 1.82) is 0 Å². The molecule has 7 heteroatoms. The first-order valence-electron chi connectivity index (χ1n) is 5.23. The molecular weight excluding hydrogens is 327 g/mol. The summed E-state index contributed by atoms with van der Waals surface area (Å²) in [5.74, 6) is 0.181. The lowest BCUT2D eigenvalue weighted by molar-refractivity contribution is -0.141. The molecule has 0 unspecified atom stereocenters. The van der Waals surface area contributed by atoms with Gasteiger partial charge in [-0.05, 0) is 35.0 Å². The summed E-state index contributed by atoms with van der Waals surface area (Å²) in [6.45, 7) is 1.15. The van der Waals surface area contributed by atoms with Crippen LogP contribution in [-0.2, 0) is 6.18 Å². The Hall–Kier alpha value is -1.50. The Labute approximate surface area is 114 Å². The third kappa shape index (κ3) is 2.22. The predicted octanol–water partition coefficient (Wildman–Crippen LogP) is 3.63. The SMILES string of the molecule is COc1ccc(Br)c2c(=O)c(C)c(C(F)(F)F)[nH]c12. The van der Waals surface area contributed by atoms with Crippen LogP contribution in [0.2, 0.25) is 0 Å². The third-order valence-corrected chi connectivity index (χ3v) is 3.47. The first-order valence-corrected chi connectivity index (χ1v) is 6.03. The minimum Gasteiger partial charge on any atom is -0.495 e. The van der Waals surface area contributed by atoms with E-state index >= 15 is 0 Å². The Morgan fingerprint density at radius 3 is 2.47 bits per heavy atom. The Bertz CT molecular complexity index is 707. The normalized spacial score (nSPS) is 11.9. The summed E-state index contributed by atoms with van der Waals surface area (Å²) in [5, 5.41) is 0.143. The van der Waals surface area contributed by atoms with E-state index in [0.29, 0.717) is 4.47 Å². The average Bonchev–Trinajstić information content (AvgIpc) is 2.32. The number of hydrogen-bond acceptors (Lipinski definition) is 2. The Morgan fingerprint density at radius 1 is 1.32 bits per heavy atom. The molecule has 19 heavy (non-hydrogen) atoms. The van der Waals surface area contributed by atoms with Crippen LogP contribution >= 0.6 is 15.9 Å². The molecule has 0 amide bonds. The smallest absolute Gasteiger partial charge is 0.431 e. The number of hydrogen-bond donors (Lipinski definition) is 1. The van der Waals surface area contributed by atoms with Crippen molar-refractivity contribution in [2.45, 2.75) is 13.1 Å². The van der Waals surface area contributed by atoms with Crippen LogP contribution in [0.4, 0.5) is 13.2 Å². The fourth-order valence-corrected chi connectivity index (χ4v) is 2.39. The van der Waals surface area contributed by atoms with E-state index in [1.807, 2.05) is 0 Å². The second kappa shape index (κ2) is 4.56. The molecule has 0 bridgehead atoms. The first kappa shape index (κ1) is 13.9. The van der Waals surface area contributed by atoms with E-state index in [1.54, 1.807) is 6.07 Å². The summed E-state index contributed by atoms with van der Waals surface area (Å²) in [6, 6.07) is 3.04. The molecule has 1 N–H and O–H groups in total. The summed E-state index contributed by atoms with van der Waals surface area (Å²) in [7, 11) is 1.33. The van der Waals surface area contributed by atoms with E-state index in [4.69, 9.17) is 4.74 Å². The minimum absolute atomic E-state index is 0.0276. The predicted molar refractivity (Wildman–Crippen MR) is 68.6 cm³/mol. The van der Waals surface area contributed by atoms with Gasteiger partial charge in [0.1, 0.15) is 11.4 Å². The fourth-order valence-electron chi connectivity index (χ4n) is 1.88. The number of aromatic amines is 1. The number of nitrogens with one attached hydrogen (secondary N) is 1. The maximum absolute atomic E-state index is 12.9. The number of methoxy groups -OCH3 is 1. The minimum atomic E-state index is -4.62. The van der Waals surface area contributed by atoms with E-state index in [0.717, 1.165) is 6.92 Å². The van der Waals surface area contributed by atoms with Crippen molar-refractivity contribution in [2.75, 3.05) is 7.11 Å². The summed E-state index contributed by atoms with van der Waals surface area (Å²) >= 11 is 3.16. The molecule has 0 saturated heterocycles.